The van der Waals surface area contributed by atoms with Crippen LogP contribution >= 0.6 is 0 Å². The lowest BCUT2D eigenvalue weighted by molar-refractivity contribution is 0.0925. The molecule has 9 heteroatoms. The number of anilines is 1. The Labute approximate surface area is 190 Å². The molecule has 4 heterocycles. The third-order valence-corrected chi connectivity index (χ3v) is 5.90. The Morgan fingerprint density at radius 3 is 2.76 bits per heavy atom. The standard InChI is InChI=1S/C24H24N6O3/c1-15-3-2-4-16(13-15)18-7-8-30(28-18)24-26-19-14-20(23(31)25-17-5-6-17)33-21(19)22(27-24)29-9-11-32-12-10-29/h2-4,7-8,13-14,17H,5-6,9-12H2,1H3,(H,25,31). The summed E-state index contributed by atoms with van der Waals surface area (Å²) >= 11 is 0. The Kier molecular flexibility index (Phi) is 4.83. The van der Waals surface area contributed by atoms with Crippen LogP contribution in [0.3, 0.4) is 0 Å². The smallest absolute Gasteiger partial charge is 0.287 e. The van der Waals surface area contributed by atoms with E-state index in [0.717, 1.165) is 24.1 Å². The number of nitrogens with one attached hydrogen (secondary N) is 1. The molecule has 1 aliphatic heterocycles. The molecule has 0 radical (unpaired) electrons. The number of ether oxygens (including phenoxy) is 1. The fraction of sp³-hybridized carbons (Fsp3) is 0.333. The van der Waals surface area contributed by atoms with Crippen molar-refractivity contribution in [2.75, 3.05) is 31.2 Å². The molecule has 9 nitrogen and oxygen atoms in total. The van der Waals surface area contributed by atoms with Gasteiger partial charge in [-0.1, -0.05) is 23.8 Å². The lowest BCUT2D eigenvalue weighted by Crippen LogP contribution is -2.37. The van der Waals surface area contributed by atoms with Crippen LogP contribution in [0.1, 0.15) is 29.0 Å². The molecule has 3 aromatic heterocycles. The molecule has 0 spiro atoms. The van der Waals surface area contributed by atoms with E-state index < -0.39 is 0 Å². The average molecular weight is 444 g/mol. The van der Waals surface area contributed by atoms with E-state index in [1.54, 1.807) is 10.7 Å². The van der Waals surface area contributed by atoms with Crippen molar-refractivity contribution in [3.05, 3.63) is 53.9 Å². The highest BCUT2D eigenvalue weighted by atomic mass is 16.5. The van der Waals surface area contributed by atoms with E-state index in [4.69, 9.17) is 19.2 Å². The number of aryl methyl sites for hydroxylation is 1. The topological polar surface area (TPSA) is 98.3 Å². The number of carbonyl (C=O) groups excluding carboxylic acids is 1. The van der Waals surface area contributed by atoms with Crippen LogP contribution in [0.4, 0.5) is 5.82 Å². The molecule has 4 aromatic rings. The summed E-state index contributed by atoms with van der Waals surface area (Å²) in [4.78, 5) is 24.2. The van der Waals surface area contributed by atoms with Gasteiger partial charge in [0.25, 0.3) is 11.9 Å². The van der Waals surface area contributed by atoms with Crippen molar-refractivity contribution in [1.82, 2.24) is 25.1 Å². The second kappa shape index (κ2) is 8.00. The van der Waals surface area contributed by atoms with Gasteiger partial charge in [-0.3, -0.25) is 4.79 Å². The molecule has 0 unspecified atom stereocenters. The number of hydrogen-bond acceptors (Lipinski definition) is 7. The fourth-order valence-corrected chi connectivity index (χ4v) is 3.98. The maximum absolute atomic E-state index is 12.6. The molecule has 0 bridgehead atoms. The number of amides is 1. The van der Waals surface area contributed by atoms with Crippen molar-refractivity contribution in [1.29, 1.82) is 0 Å². The number of aromatic nitrogens is 4. The van der Waals surface area contributed by atoms with E-state index in [0.29, 0.717) is 49.2 Å². The first-order valence-electron chi connectivity index (χ1n) is 11.2. The summed E-state index contributed by atoms with van der Waals surface area (Å²) in [5.41, 5.74) is 4.13. The molecule has 1 aromatic carbocycles. The van der Waals surface area contributed by atoms with Gasteiger partial charge in [0.1, 0.15) is 5.52 Å². The predicted molar refractivity (Wildman–Crippen MR) is 123 cm³/mol. The van der Waals surface area contributed by atoms with Crippen LogP contribution in [-0.4, -0.2) is 58.0 Å². The van der Waals surface area contributed by atoms with Crippen molar-refractivity contribution in [3.63, 3.8) is 0 Å². The lowest BCUT2D eigenvalue weighted by Gasteiger charge is -2.27. The molecular weight excluding hydrogens is 420 g/mol. The normalized spacial score (nSPS) is 16.3. The van der Waals surface area contributed by atoms with Crippen molar-refractivity contribution in [2.24, 2.45) is 0 Å². The molecule has 33 heavy (non-hydrogen) atoms. The maximum Gasteiger partial charge on any atom is 0.287 e. The van der Waals surface area contributed by atoms with Gasteiger partial charge in [-0.25, -0.2) is 9.67 Å². The van der Waals surface area contributed by atoms with Crippen molar-refractivity contribution < 1.29 is 13.9 Å². The minimum atomic E-state index is -0.217. The zero-order valence-corrected chi connectivity index (χ0v) is 18.3. The van der Waals surface area contributed by atoms with Gasteiger partial charge < -0.3 is 19.4 Å². The number of furan rings is 1. The maximum atomic E-state index is 12.6. The van der Waals surface area contributed by atoms with Gasteiger partial charge in [0.15, 0.2) is 17.2 Å². The van der Waals surface area contributed by atoms with Crippen LogP contribution in [0.5, 0.6) is 0 Å². The van der Waals surface area contributed by atoms with E-state index in [-0.39, 0.29) is 17.7 Å². The molecule has 168 valence electrons. The molecule has 1 saturated heterocycles. The second-order valence-corrected chi connectivity index (χ2v) is 8.53. The Hall–Kier alpha value is -3.72. The molecule has 1 saturated carbocycles. The Morgan fingerprint density at radius 1 is 1.12 bits per heavy atom. The molecule has 1 aliphatic carbocycles. The van der Waals surface area contributed by atoms with Gasteiger partial charge in [-0.15, -0.1) is 0 Å². The van der Waals surface area contributed by atoms with E-state index >= 15 is 0 Å². The van der Waals surface area contributed by atoms with Gasteiger partial charge in [0, 0.05) is 37.0 Å². The van der Waals surface area contributed by atoms with Crippen molar-refractivity contribution in [2.45, 2.75) is 25.8 Å². The minimum absolute atomic E-state index is 0.217. The number of benzene rings is 1. The van der Waals surface area contributed by atoms with E-state index in [2.05, 4.69) is 34.3 Å². The number of fused-ring (bicyclic) bond motifs is 1. The molecule has 1 amide bonds. The van der Waals surface area contributed by atoms with Gasteiger partial charge in [-0.2, -0.15) is 10.1 Å². The highest BCUT2D eigenvalue weighted by Gasteiger charge is 2.27. The van der Waals surface area contributed by atoms with Gasteiger partial charge in [0.2, 0.25) is 0 Å². The third-order valence-electron chi connectivity index (χ3n) is 5.90. The summed E-state index contributed by atoms with van der Waals surface area (Å²) in [5.74, 6) is 1.11. The lowest BCUT2D eigenvalue weighted by atomic mass is 10.1. The number of carbonyl (C=O) groups is 1. The minimum Gasteiger partial charge on any atom is -0.445 e. The average Bonchev–Trinajstić information content (AvgIpc) is 3.33. The summed E-state index contributed by atoms with van der Waals surface area (Å²) in [6.45, 7) is 4.64. The number of nitrogens with zero attached hydrogens (tertiary/aromatic N) is 5. The monoisotopic (exact) mass is 444 g/mol. The number of morpholine rings is 1. The highest BCUT2D eigenvalue weighted by Crippen LogP contribution is 2.30. The molecule has 2 aliphatic rings. The fourth-order valence-electron chi connectivity index (χ4n) is 3.98. The molecule has 1 N–H and O–H groups in total. The van der Waals surface area contributed by atoms with Gasteiger partial charge >= 0.3 is 0 Å². The summed E-state index contributed by atoms with van der Waals surface area (Å²) < 4.78 is 13.1. The summed E-state index contributed by atoms with van der Waals surface area (Å²) in [6.07, 6.45) is 3.87. The SMILES string of the molecule is Cc1cccc(-c2ccn(-c3nc(N4CCOCC4)c4oc(C(=O)NC5CC5)cc4n3)n2)c1. The van der Waals surface area contributed by atoms with Crippen LogP contribution < -0.4 is 10.2 Å². The third kappa shape index (κ3) is 3.95. The van der Waals surface area contributed by atoms with Crippen LogP contribution in [0.25, 0.3) is 28.3 Å². The van der Waals surface area contributed by atoms with Crippen LogP contribution in [0.2, 0.25) is 0 Å². The molecule has 2 fully saturated rings. The Bertz CT molecular complexity index is 1330. The first kappa shape index (κ1) is 19.9. The van der Waals surface area contributed by atoms with E-state index in [9.17, 15) is 4.79 Å². The highest BCUT2D eigenvalue weighted by molar-refractivity contribution is 5.97. The van der Waals surface area contributed by atoms with Crippen LogP contribution in [-0.2, 0) is 4.74 Å². The van der Waals surface area contributed by atoms with Gasteiger partial charge in [0.05, 0.1) is 18.9 Å². The second-order valence-electron chi connectivity index (χ2n) is 8.53. The first-order chi connectivity index (χ1) is 16.1. The Morgan fingerprint density at radius 2 is 1.97 bits per heavy atom. The van der Waals surface area contributed by atoms with Crippen LogP contribution in [0, 0.1) is 6.92 Å². The van der Waals surface area contributed by atoms with E-state index in [1.165, 1.54) is 5.56 Å². The Balaban J connectivity index is 1.42. The predicted octanol–water partition coefficient (Wildman–Crippen LogP) is 3.11. The number of hydrogen-bond donors (Lipinski definition) is 1. The zero-order valence-electron chi connectivity index (χ0n) is 18.3. The quantitative estimate of drug-likeness (QED) is 0.505. The molecular formula is C24H24N6O3. The van der Waals surface area contributed by atoms with Crippen LogP contribution in [0.15, 0.2) is 47.0 Å². The zero-order chi connectivity index (χ0) is 22.4. The molecule has 0 atom stereocenters. The molecule has 6 rings (SSSR count). The van der Waals surface area contributed by atoms with Crippen molar-refractivity contribution in [3.8, 4) is 17.2 Å². The van der Waals surface area contributed by atoms with Gasteiger partial charge in [-0.05, 0) is 31.9 Å². The largest absolute Gasteiger partial charge is 0.445 e. The first-order valence-corrected chi connectivity index (χ1v) is 11.2. The van der Waals surface area contributed by atoms with Crippen molar-refractivity contribution >= 4 is 22.8 Å². The summed E-state index contributed by atoms with van der Waals surface area (Å²) in [7, 11) is 0. The number of rotatable bonds is 5. The van der Waals surface area contributed by atoms with E-state index in [1.807, 2.05) is 24.4 Å². The summed E-state index contributed by atoms with van der Waals surface area (Å²) in [6, 6.07) is 12.1. The summed E-state index contributed by atoms with van der Waals surface area (Å²) in [5, 5.41) is 7.68.